The quantitative estimate of drug-likeness (QED) is 0.827. The van der Waals surface area contributed by atoms with Crippen LogP contribution in [0.3, 0.4) is 0 Å². The predicted octanol–water partition coefficient (Wildman–Crippen LogP) is 1.82. The predicted molar refractivity (Wildman–Crippen MR) is 88.0 cm³/mol. The average Bonchev–Trinajstić information content (AvgIpc) is 2.37. The van der Waals surface area contributed by atoms with E-state index < -0.39 is 9.84 Å². The number of rotatable bonds is 7. The van der Waals surface area contributed by atoms with Crippen LogP contribution in [0.2, 0.25) is 0 Å². The molecule has 21 heavy (non-hydrogen) atoms. The van der Waals surface area contributed by atoms with Gasteiger partial charge >= 0.3 is 0 Å². The van der Waals surface area contributed by atoms with Crippen molar-refractivity contribution >= 4 is 21.5 Å². The highest BCUT2D eigenvalue weighted by Crippen LogP contribution is 2.25. The lowest BCUT2D eigenvalue weighted by molar-refractivity contribution is 0.601. The molecule has 0 radical (unpaired) electrons. The van der Waals surface area contributed by atoms with Gasteiger partial charge in [-0.2, -0.15) is 0 Å². The molecule has 0 fully saturated rings. The number of sulfone groups is 1. The summed E-state index contributed by atoms with van der Waals surface area (Å²) < 4.78 is 22.6. The summed E-state index contributed by atoms with van der Waals surface area (Å²) >= 11 is 0. The fourth-order valence-electron chi connectivity index (χ4n) is 1.90. The van der Waals surface area contributed by atoms with E-state index in [1.54, 1.807) is 0 Å². The minimum atomic E-state index is -2.99. The van der Waals surface area contributed by atoms with Crippen LogP contribution in [-0.4, -0.2) is 50.5 Å². The van der Waals surface area contributed by atoms with Gasteiger partial charge in [0, 0.05) is 37.9 Å². The molecule has 0 saturated heterocycles. The van der Waals surface area contributed by atoms with Crippen molar-refractivity contribution in [3.63, 3.8) is 0 Å². The zero-order chi connectivity index (χ0) is 16.2. The zero-order valence-electron chi connectivity index (χ0n) is 13.8. The molecule has 0 amide bonds. The van der Waals surface area contributed by atoms with Gasteiger partial charge < -0.3 is 10.2 Å². The van der Waals surface area contributed by atoms with Crippen LogP contribution < -0.4 is 10.2 Å². The van der Waals surface area contributed by atoms with Gasteiger partial charge in [-0.1, -0.05) is 13.8 Å². The van der Waals surface area contributed by atoms with Crippen LogP contribution in [0, 0.1) is 6.92 Å². The third-order valence-corrected chi connectivity index (χ3v) is 4.08. The van der Waals surface area contributed by atoms with Gasteiger partial charge in [0.05, 0.1) is 5.75 Å². The Morgan fingerprint density at radius 3 is 2.38 bits per heavy atom. The van der Waals surface area contributed by atoms with E-state index in [-0.39, 0.29) is 11.7 Å². The van der Waals surface area contributed by atoms with Crippen LogP contribution in [-0.2, 0) is 9.84 Å². The molecule has 0 unspecified atom stereocenters. The summed E-state index contributed by atoms with van der Waals surface area (Å²) in [4.78, 5) is 11.0. The smallest absolute Gasteiger partial charge is 0.149 e. The highest BCUT2D eigenvalue weighted by molar-refractivity contribution is 7.90. The van der Waals surface area contributed by atoms with Gasteiger partial charge in [0.2, 0.25) is 0 Å². The number of anilines is 2. The monoisotopic (exact) mass is 314 g/mol. The Labute approximate surface area is 127 Å². The van der Waals surface area contributed by atoms with E-state index in [1.807, 2.05) is 39.6 Å². The molecule has 6 nitrogen and oxygen atoms in total. The van der Waals surface area contributed by atoms with Gasteiger partial charge in [-0.25, -0.2) is 18.4 Å². The second kappa shape index (κ2) is 7.06. The van der Waals surface area contributed by atoms with Gasteiger partial charge in [0.25, 0.3) is 0 Å². The Morgan fingerprint density at radius 1 is 1.29 bits per heavy atom. The van der Waals surface area contributed by atoms with E-state index in [9.17, 15) is 8.42 Å². The maximum Gasteiger partial charge on any atom is 0.149 e. The van der Waals surface area contributed by atoms with E-state index in [2.05, 4.69) is 15.3 Å². The summed E-state index contributed by atoms with van der Waals surface area (Å²) in [6, 6.07) is 0. The molecule has 0 bridgehead atoms. The molecule has 7 heteroatoms. The third kappa shape index (κ3) is 5.15. The van der Waals surface area contributed by atoms with Gasteiger partial charge in [-0.3, -0.25) is 0 Å². The van der Waals surface area contributed by atoms with Crippen molar-refractivity contribution in [2.24, 2.45) is 0 Å². The molecule has 0 aliphatic carbocycles. The number of hydrogen-bond acceptors (Lipinski definition) is 6. The topological polar surface area (TPSA) is 75.2 Å². The van der Waals surface area contributed by atoms with Crippen molar-refractivity contribution in [2.45, 2.75) is 33.6 Å². The summed E-state index contributed by atoms with van der Waals surface area (Å²) in [5.41, 5.74) is 0.942. The van der Waals surface area contributed by atoms with E-state index in [0.29, 0.717) is 6.54 Å². The first-order valence-electron chi connectivity index (χ1n) is 7.17. The van der Waals surface area contributed by atoms with Crippen LogP contribution in [0.25, 0.3) is 0 Å². The highest BCUT2D eigenvalue weighted by atomic mass is 32.2. The average molecular weight is 314 g/mol. The van der Waals surface area contributed by atoms with Crippen LogP contribution in [0.15, 0.2) is 0 Å². The van der Waals surface area contributed by atoms with E-state index >= 15 is 0 Å². The fourth-order valence-corrected chi connectivity index (χ4v) is 2.51. The minimum Gasteiger partial charge on any atom is -0.370 e. The van der Waals surface area contributed by atoms with Crippen LogP contribution in [0.5, 0.6) is 0 Å². The molecular formula is C14H26N4O2S. The molecule has 1 aromatic rings. The van der Waals surface area contributed by atoms with Gasteiger partial charge in [-0.15, -0.1) is 0 Å². The molecule has 0 aliphatic heterocycles. The molecule has 0 atom stereocenters. The zero-order valence-corrected chi connectivity index (χ0v) is 14.6. The summed E-state index contributed by atoms with van der Waals surface area (Å²) in [6.07, 6.45) is 1.25. The second-order valence-corrected chi connectivity index (χ2v) is 7.88. The molecule has 120 valence electrons. The molecule has 1 N–H and O–H groups in total. The van der Waals surface area contributed by atoms with Crippen molar-refractivity contribution in [3.8, 4) is 0 Å². The molecular weight excluding hydrogens is 288 g/mol. The first-order chi connectivity index (χ1) is 9.65. The lowest BCUT2D eigenvalue weighted by Crippen LogP contribution is -2.27. The Bertz CT molecular complexity index is 585. The minimum absolute atomic E-state index is 0.112. The standard InChI is InChI=1S/C14H26N4O2S/c1-7-15-13-11(4)14(17-12(16-13)10(2)3)18(5)8-9-21(6,19)20/h10H,7-9H2,1-6H3,(H,15,16,17). The summed E-state index contributed by atoms with van der Waals surface area (Å²) in [5, 5.41) is 3.24. The highest BCUT2D eigenvalue weighted by Gasteiger charge is 2.16. The summed E-state index contributed by atoms with van der Waals surface area (Å²) in [7, 11) is -1.13. The lowest BCUT2D eigenvalue weighted by Gasteiger charge is -2.22. The second-order valence-electron chi connectivity index (χ2n) is 5.62. The number of nitrogens with one attached hydrogen (secondary N) is 1. The van der Waals surface area contributed by atoms with Crippen molar-refractivity contribution < 1.29 is 8.42 Å². The number of hydrogen-bond donors (Lipinski definition) is 1. The molecule has 1 rings (SSSR count). The van der Waals surface area contributed by atoms with Crippen molar-refractivity contribution in [2.75, 3.05) is 42.4 Å². The summed E-state index contributed by atoms with van der Waals surface area (Å²) in [5.74, 6) is 2.69. The van der Waals surface area contributed by atoms with Crippen molar-refractivity contribution in [1.82, 2.24) is 9.97 Å². The molecule has 1 heterocycles. The Balaban J connectivity index is 3.14. The number of nitrogens with zero attached hydrogens (tertiary/aromatic N) is 3. The SMILES string of the molecule is CCNc1nc(C(C)C)nc(N(C)CCS(C)(=O)=O)c1C. The maximum absolute atomic E-state index is 11.3. The molecule has 0 saturated carbocycles. The first kappa shape index (κ1) is 17.7. The van der Waals surface area contributed by atoms with Gasteiger partial charge in [0.1, 0.15) is 27.3 Å². The normalized spacial score (nSPS) is 11.8. The molecule has 1 aromatic heterocycles. The summed E-state index contributed by atoms with van der Waals surface area (Å²) in [6.45, 7) is 9.25. The Morgan fingerprint density at radius 2 is 1.90 bits per heavy atom. The van der Waals surface area contributed by atoms with Crippen LogP contribution in [0.4, 0.5) is 11.6 Å². The largest absolute Gasteiger partial charge is 0.370 e. The van der Waals surface area contributed by atoms with Crippen molar-refractivity contribution in [3.05, 3.63) is 11.4 Å². The van der Waals surface area contributed by atoms with E-state index in [0.717, 1.165) is 29.6 Å². The Hall–Kier alpha value is -1.37. The van der Waals surface area contributed by atoms with Crippen LogP contribution >= 0.6 is 0 Å². The molecule has 0 spiro atoms. The molecule has 0 aromatic carbocycles. The van der Waals surface area contributed by atoms with Crippen molar-refractivity contribution in [1.29, 1.82) is 0 Å². The molecule has 0 aliphatic rings. The van der Waals surface area contributed by atoms with Gasteiger partial charge in [0.15, 0.2) is 0 Å². The van der Waals surface area contributed by atoms with Gasteiger partial charge in [-0.05, 0) is 13.8 Å². The lowest BCUT2D eigenvalue weighted by atomic mass is 10.2. The van der Waals surface area contributed by atoms with E-state index in [1.165, 1.54) is 6.26 Å². The van der Waals surface area contributed by atoms with Crippen LogP contribution in [0.1, 0.15) is 38.1 Å². The number of aromatic nitrogens is 2. The Kier molecular flexibility index (Phi) is 5.95. The third-order valence-electron chi connectivity index (χ3n) is 3.16. The maximum atomic E-state index is 11.3. The van der Waals surface area contributed by atoms with E-state index in [4.69, 9.17) is 0 Å². The fraction of sp³-hybridized carbons (Fsp3) is 0.714. The first-order valence-corrected chi connectivity index (χ1v) is 9.23.